The van der Waals surface area contributed by atoms with E-state index in [4.69, 9.17) is 4.74 Å². The quantitative estimate of drug-likeness (QED) is 0.363. The first-order chi connectivity index (χ1) is 19.3. The van der Waals surface area contributed by atoms with Crippen LogP contribution in [0.2, 0.25) is 0 Å². The molecular weight excluding hydrogens is 512 g/mol. The first-order valence-corrected chi connectivity index (χ1v) is 13.8. The number of carboxylic acid groups (broad SMARTS) is 1. The molecule has 0 bridgehead atoms. The molecule has 2 aromatic carbocycles. The maximum Gasteiger partial charge on any atom is 0.326 e. The minimum atomic E-state index is -1.09. The number of carbonyl (C=O) groups excluding carboxylic acids is 3. The Kier molecular flexibility index (Phi) is 10.3. The highest BCUT2D eigenvalue weighted by Gasteiger charge is 2.44. The summed E-state index contributed by atoms with van der Waals surface area (Å²) in [6.45, 7) is 4.36. The highest BCUT2D eigenvalue weighted by atomic mass is 16.5. The minimum absolute atomic E-state index is 0.158. The van der Waals surface area contributed by atoms with E-state index in [9.17, 15) is 24.3 Å². The van der Waals surface area contributed by atoms with Crippen LogP contribution in [0.25, 0.3) is 0 Å². The molecule has 4 rings (SSSR count). The lowest BCUT2D eigenvalue weighted by atomic mass is 10.0. The zero-order valence-corrected chi connectivity index (χ0v) is 22.8. The van der Waals surface area contributed by atoms with Gasteiger partial charge >= 0.3 is 5.97 Å². The summed E-state index contributed by atoms with van der Waals surface area (Å²) in [4.78, 5) is 55.3. The van der Waals surface area contributed by atoms with E-state index in [0.29, 0.717) is 39.1 Å². The molecule has 4 atom stereocenters. The molecule has 2 aromatic rings. The number of carbonyl (C=O) groups is 4. The number of benzene rings is 2. The Morgan fingerprint density at radius 3 is 2.25 bits per heavy atom. The maximum atomic E-state index is 13.5. The summed E-state index contributed by atoms with van der Waals surface area (Å²) >= 11 is 0. The van der Waals surface area contributed by atoms with Crippen LogP contribution in [0.4, 0.5) is 0 Å². The molecule has 40 heavy (non-hydrogen) atoms. The van der Waals surface area contributed by atoms with E-state index in [1.54, 1.807) is 6.92 Å². The third-order valence-electron chi connectivity index (χ3n) is 7.50. The van der Waals surface area contributed by atoms with E-state index in [0.717, 1.165) is 11.1 Å². The summed E-state index contributed by atoms with van der Waals surface area (Å²) in [5, 5.41) is 15.6. The van der Waals surface area contributed by atoms with Crippen molar-refractivity contribution in [3.8, 4) is 0 Å². The van der Waals surface area contributed by atoms with Gasteiger partial charge in [-0.15, -0.1) is 0 Å². The maximum absolute atomic E-state index is 13.5. The van der Waals surface area contributed by atoms with Gasteiger partial charge in [-0.2, -0.15) is 0 Å². The molecule has 2 saturated heterocycles. The van der Waals surface area contributed by atoms with Crippen LogP contribution in [0.3, 0.4) is 0 Å². The molecule has 0 aromatic heterocycles. The summed E-state index contributed by atoms with van der Waals surface area (Å²) in [5.74, 6) is -2.23. The fourth-order valence-corrected chi connectivity index (χ4v) is 5.38. The van der Waals surface area contributed by atoms with Crippen LogP contribution in [0.15, 0.2) is 60.7 Å². The van der Waals surface area contributed by atoms with E-state index < -0.39 is 35.9 Å². The van der Waals surface area contributed by atoms with Crippen LogP contribution < -0.4 is 10.6 Å². The number of ether oxygens (including phenoxy) is 1. The summed E-state index contributed by atoms with van der Waals surface area (Å²) in [7, 11) is 0. The predicted octanol–water partition coefficient (Wildman–Crippen LogP) is 1.24. The van der Waals surface area contributed by atoms with Crippen LogP contribution in [0.1, 0.15) is 30.9 Å². The Balaban J connectivity index is 1.42. The van der Waals surface area contributed by atoms with Crippen molar-refractivity contribution in [2.75, 3.05) is 32.8 Å². The van der Waals surface area contributed by atoms with E-state index in [1.807, 2.05) is 65.6 Å². The lowest BCUT2D eigenvalue weighted by Crippen LogP contribution is -2.54. The average molecular weight is 551 g/mol. The molecule has 2 unspecified atom stereocenters. The Morgan fingerprint density at radius 2 is 1.62 bits per heavy atom. The standard InChI is InChI=1S/C30H38N4O6/c1-21-18-25(29(37)34(21)26(30(38)39)19-23-10-6-3-7-11-23)32-28(36)24(13-12-22-8-4-2-5-9-22)31-27(35)20-33-14-16-40-17-15-33/h2-11,21,24-26H,12-20H2,1H3,(H,31,35)(H,32,36)(H,38,39)/t21?,24-,25?,26-/m0/s1. The third kappa shape index (κ3) is 7.89. The van der Waals surface area contributed by atoms with E-state index in [-0.39, 0.29) is 31.3 Å². The number of likely N-dealkylation sites (tertiary alicyclic amines) is 1. The van der Waals surface area contributed by atoms with Gasteiger partial charge in [0.25, 0.3) is 0 Å². The largest absolute Gasteiger partial charge is 0.480 e. The van der Waals surface area contributed by atoms with Crippen molar-refractivity contribution in [3.05, 3.63) is 71.8 Å². The smallest absolute Gasteiger partial charge is 0.326 e. The monoisotopic (exact) mass is 550 g/mol. The molecule has 0 radical (unpaired) electrons. The second-order valence-electron chi connectivity index (χ2n) is 10.5. The Labute approximate surface area is 234 Å². The van der Waals surface area contributed by atoms with Crippen LogP contribution in [0.5, 0.6) is 0 Å². The molecule has 0 spiro atoms. The molecule has 10 heteroatoms. The Morgan fingerprint density at radius 1 is 1.00 bits per heavy atom. The van der Waals surface area contributed by atoms with Gasteiger partial charge in [0.15, 0.2) is 0 Å². The summed E-state index contributed by atoms with van der Waals surface area (Å²) in [6, 6.07) is 15.7. The second kappa shape index (κ2) is 14.0. The van der Waals surface area contributed by atoms with Crippen LogP contribution in [0, 0.1) is 0 Å². The van der Waals surface area contributed by atoms with Gasteiger partial charge in [-0.25, -0.2) is 4.79 Å². The van der Waals surface area contributed by atoms with Gasteiger partial charge in [0.2, 0.25) is 17.7 Å². The normalized spacial score (nSPS) is 21.0. The topological polar surface area (TPSA) is 128 Å². The molecule has 10 nitrogen and oxygen atoms in total. The van der Waals surface area contributed by atoms with Gasteiger partial charge in [-0.1, -0.05) is 60.7 Å². The zero-order chi connectivity index (χ0) is 28.5. The van der Waals surface area contributed by atoms with Gasteiger partial charge < -0.3 is 25.4 Å². The predicted molar refractivity (Wildman–Crippen MR) is 148 cm³/mol. The number of amides is 3. The summed E-state index contributed by atoms with van der Waals surface area (Å²) < 4.78 is 5.34. The number of hydrogen-bond acceptors (Lipinski definition) is 6. The average Bonchev–Trinajstić information content (AvgIpc) is 3.22. The minimum Gasteiger partial charge on any atom is -0.480 e. The molecule has 2 heterocycles. The third-order valence-corrected chi connectivity index (χ3v) is 7.50. The number of rotatable bonds is 12. The molecule has 2 aliphatic heterocycles. The Bertz CT molecular complexity index is 1160. The van der Waals surface area contributed by atoms with Crippen molar-refractivity contribution in [2.45, 2.75) is 56.8 Å². The van der Waals surface area contributed by atoms with Crippen LogP contribution in [-0.4, -0.2) is 95.6 Å². The highest BCUT2D eigenvalue weighted by Crippen LogP contribution is 2.24. The molecular formula is C30H38N4O6. The number of morpholine rings is 1. The lowest BCUT2D eigenvalue weighted by molar-refractivity contribution is -0.150. The van der Waals surface area contributed by atoms with Gasteiger partial charge in [0.05, 0.1) is 19.8 Å². The number of carboxylic acids is 1. The molecule has 2 fully saturated rings. The molecule has 3 N–H and O–H groups in total. The molecule has 214 valence electrons. The fourth-order valence-electron chi connectivity index (χ4n) is 5.38. The molecule has 3 amide bonds. The van der Waals surface area contributed by atoms with Crippen molar-refractivity contribution in [2.24, 2.45) is 0 Å². The number of nitrogens with zero attached hydrogens (tertiary/aromatic N) is 2. The number of aliphatic carboxylic acids is 1. The van der Waals surface area contributed by atoms with Gasteiger partial charge in [-0.05, 0) is 37.3 Å². The van der Waals surface area contributed by atoms with E-state index >= 15 is 0 Å². The first-order valence-electron chi connectivity index (χ1n) is 13.8. The first kappa shape index (κ1) is 29.2. The van der Waals surface area contributed by atoms with Gasteiger partial charge in [0, 0.05) is 25.6 Å². The second-order valence-corrected chi connectivity index (χ2v) is 10.5. The number of nitrogens with one attached hydrogen (secondary N) is 2. The van der Waals surface area contributed by atoms with Crippen LogP contribution >= 0.6 is 0 Å². The van der Waals surface area contributed by atoms with Gasteiger partial charge in [0.1, 0.15) is 18.1 Å². The van der Waals surface area contributed by atoms with Crippen molar-refractivity contribution in [3.63, 3.8) is 0 Å². The summed E-state index contributed by atoms with van der Waals surface area (Å²) in [6.07, 6.45) is 1.38. The van der Waals surface area contributed by atoms with E-state index in [1.165, 1.54) is 4.90 Å². The molecule has 2 aliphatic rings. The van der Waals surface area contributed by atoms with Crippen molar-refractivity contribution in [1.82, 2.24) is 20.4 Å². The SMILES string of the molecule is CC1CC(NC(=O)[C@H](CCc2ccccc2)NC(=O)CN2CCOCC2)C(=O)N1[C@@H](Cc1ccccc1)C(=O)O. The van der Waals surface area contributed by atoms with Crippen LogP contribution in [-0.2, 0) is 36.8 Å². The molecule has 0 saturated carbocycles. The molecule has 0 aliphatic carbocycles. The highest BCUT2D eigenvalue weighted by molar-refractivity contribution is 5.95. The lowest BCUT2D eigenvalue weighted by Gasteiger charge is -2.29. The van der Waals surface area contributed by atoms with E-state index in [2.05, 4.69) is 10.6 Å². The Hall–Kier alpha value is -3.76. The number of hydrogen-bond donors (Lipinski definition) is 3. The van der Waals surface area contributed by atoms with Crippen molar-refractivity contribution >= 4 is 23.7 Å². The number of aryl methyl sites for hydroxylation is 1. The van der Waals surface area contributed by atoms with Gasteiger partial charge in [-0.3, -0.25) is 19.3 Å². The van der Waals surface area contributed by atoms with Crippen molar-refractivity contribution < 1.29 is 29.0 Å². The zero-order valence-electron chi connectivity index (χ0n) is 22.8. The summed E-state index contributed by atoms with van der Waals surface area (Å²) in [5.41, 5.74) is 1.84. The fraction of sp³-hybridized carbons (Fsp3) is 0.467. The van der Waals surface area contributed by atoms with Crippen molar-refractivity contribution in [1.29, 1.82) is 0 Å².